The highest BCUT2D eigenvalue weighted by Crippen LogP contribution is 2.26. The standard InChI is InChI=1S/C17H18N4/c1-2-8-20-16(13-5-4-9-18-12-13)14-6-3-7-15-17(14)21-11-10-19-15/h3-7,9-12,16,20H,2,8H2,1H3. The first kappa shape index (κ1) is 13.6. The van der Waals surface area contributed by atoms with Crippen LogP contribution >= 0.6 is 0 Å². The van der Waals surface area contributed by atoms with Crippen LogP contribution in [0.25, 0.3) is 11.0 Å². The van der Waals surface area contributed by atoms with Crippen LogP contribution in [-0.2, 0) is 0 Å². The Morgan fingerprint density at radius 2 is 1.95 bits per heavy atom. The molecule has 0 radical (unpaired) electrons. The average molecular weight is 278 g/mol. The first-order valence-corrected chi connectivity index (χ1v) is 7.23. The molecule has 0 fully saturated rings. The molecule has 3 rings (SSSR count). The number of pyridine rings is 1. The molecule has 2 heterocycles. The average Bonchev–Trinajstić information content (AvgIpc) is 2.56. The molecule has 1 aromatic carbocycles. The molecule has 0 aliphatic carbocycles. The van der Waals surface area contributed by atoms with Gasteiger partial charge in [-0.25, -0.2) is 0 Å². The van der Waals surface area contributed by atoms with Crippen LogP contribution in [0.2, 0.25) is 0 Å². The molecular weight excluding hydrogens is 260 g/mol. The summed E-state index contributed by atoms with van der Waals surface area (Å²) in [6.07, 6.45) is 8.25. The maximum atomic E-state index is 4.51. The molecule has 21 heavy (non-hydrogen) atoms. The lowest BCUT2D eigenvalue weighted by Crippen LogP contribution is -2.23. The molecule has 0 bridgehead atoms. The molecule has 4 heteroatoms. The van der Waals surface area contributed by atoms with E-state index >= 15 is 0 Å². The second kappa shape index (κ2) is 6.41. The Hall–Kier alpha value is -2.33. The van der Waals surface area contributed by atoms with Crippen LogP contribution in [0.3, 0.4) is 0 Å². The number of rotatable bonds is 5. The molecule has 0 aliphatic rings. The Labute approximate surface area is 124 Å². The third-order valence-electron chi connectivity index (χ3n) is 3.46. The molecule has 0 saturated carbocycles. The van der Waals surface area contributed by atoms with E-state index in [0.29, 0.717) is 0 Å². The van der Waals surface area contributed by atoms with E-state index in [1.54, 1.807) is 18.6 Å². The van der Waals surface area contributed by atoms with Crippen LogP contribution < -0.4 is 5.32 Å². The summed E-state index contributed by atoms with van der Waals surface area (Å²) in [6, 6.07) is 10.3. The smallest absolute Gasteiger partial charge is 0.0937 e. The number of hydrogen-bond acceptors (Lipinski definition) is 4. The third-order valence-corrected chi connectivity index (χ3v) is 3.46. The SMILES string of the molecule is CCCNC(c1cccnc1)c1cccc2nccnc12. The summed E-state index contributed by atoms with van der Waals surface area (Å²) in [4.78, 5) is 13.1. The summed E-state index contributed by atoms with van der Waals surface area (Å²) < 4.78 is 0. The normalized spacial score (nSPS) is 12.4. The zero-order valence-electron chi connectivity index (χ0n) is 12.0. The zero-order chi connectivity index (χ0) is 14.5. The van der Waals surface area contributed by atoms with Gasteiger partial charge in [0.15, 0.2) is 0 Å². The van der Waals surface area contributed by atoms with E-state index in [-0.39, 0.29) is 6.04 Å². The van der Waals surface area contributed by atoms with Crippen molar-refractivity contribution in [2.75, 3.05) is 6.54 Å². The Morgan fingerprint density at radius 3 is 2.76 bits per heavy atom. The summed E-state index contributed by atoms with van der Waals surface area (Å²) in [5, 5.41) is 3.59. The number of hydrogen-bond donors (Lipinski definition) is 1. The van der Waals surface area contributed by atoms with E-state index < -0.39 is 0 Å². The molecule has 0 amide bonds. The molecule has 4 nitrogen and oxygen atoms in total. The lowest BCUT2D eigenvalue weighted by Gasteiger charge is -2.20. The van der Waals surface area contributed by atoms with Crippen molar-refractivity contribution < 1.29 is 0 Å². The molecule has 3 aromatic rings. The fraction of sp³-hybridized carbons (Fsp3) is 0.235. The number of para-hydroxylation sites is 1. The molecule has 2 aromatic heterocycles. The van der Waals surface area contributed by atoms with Gasteiger partial charge in [0, 0.05) is 30.4 Å². The fourth-order valence-electron chi connectivity index (χ4n) is 2.49. The van der Waals surface area contributed by atoms with Crippen molar-refractivity contribution in [3.8, 4) is 0 Å². The number of fused-ring (bicyclic) bond motifs is 1. The second-order valence-electron chi connectivity index (χ2n) is 4.94. The molecule has 0 aliphatic heterocycles. The largest absolute Gasteiger partial charge is 0.306 e. The highest BCUT2D eigenvalue weighted by Gasteiger charge is 2.16. The van der Waals surface area contributed by atoms with Gasteiger partial charge in [0.25, 0.3) is 0 Å². The van der Waals surface area contributed by atoms with Gasteiger partial charge >= 0.3 is 0 Å². The summed E-state index contributed by atoms with van der Waals surface area (Å²) in [7, 11) is 0. The minimum Gasteiger partial charge on any atom is -0.306 e. The van der Waals surface area contributed by atoms with Gasteiger partial charge < -0.3 is 5.32 Å². The topological polar surface area (TPSA) is 50.7 Å². The second-order valence-corrected chi connectivity index (χ2v) is 4.94. The molecule has 106 valence electrons. The van der Waals surface area contributed by atoms with E-state index in [9.17, 15) is 0 Å². The number of nitrogens with zero attached hydrogens (tertiary/aromatic N) is 3. The Balaban J connectivity index is 2.10. The Morgan fingerprint density at radius 1 is 1.05 bits per heavy atom. The fourth-order valence-corrected chi connectivity index (χ4v) is 2.49. The van der Waals surface area contributed by atoms with Gasteiger partial charge in [0.2, 0.25) is 0 Å². The first-order chi connectivity index (χ1) is 10.4. The highest BCUT2D eigenvalue weighted by molar-refractivity contribution is 5.78. The van der Waals surface area contributed by atoms with Crippen molar-refractivity contribution in [3.63, 3.8) is 0 Å². The molecule has 0 spiro atoms. The van der Waals surface area contributed by atoms with Crippen molar-refractivity contribution in [2.45, 2.75) is 19.4 Å². The van der Waals surface area contributed by atoms with Crippen LogP contribution in [0.4, 0.5) is 0 Å². The van der Waals surface area contributed by atoms with E-state index in [0.717, 1.165) is 35.1 Å². The van der Waals surface area contributed by atoms with Gasteiger partial charge in [-0.15, -0.1) is 0 Å². The highest BCUT2D eigenvalue weighted by atomic mass is 14.9. The molecule has 1 N–H and O–H groups in total. The lowest BCUT2D eigenvalue weighted by atomic mass is 9.98. The Kier molecular flexibility index (Phi) is 4.17. The first-order valence-electron chi connectivity index (χ1n) is 7.23. The monoisotopic (exact) mass is 278 g/mol. The maximum absolute atomic E-state index is 4.51. The van der Waals surface area contributed by atoms with E-state index in [2.05, 4.69) is 39.3 Å². The van der Waals surface area contributed by atoms with Crippen molar-refractivity contribution in [1.82, 2.24) is 20.3 Å². The molecular formula is C17H18N4. The predicted octanol–water partition coefficient (Wildman–Crippen LogP) is 3.11. The van der Waals surface area contributed by atoms with Gasteiger partial charge in [-0.1, -0.05) is 25.1 Å². The number of benzene rings is 1. The molecule has 1 unspecified atom stereocenters. The zero-order valence-corrected chi connectivity index (χ0v) is 12.0. The van der Waals surface area contributed by atoms with E-state index in [4.69, 9.17) is 0 Å². The van der Waals surface area contributed by atoms with Crippen molar-refractivity contribution in [1.29, 1.82) is 0 Å². The molecule has 1 atom stereocenters. The summed E-state index contributed by atoms with van der Waals surface area (Å²) >= 11 is 0. The van der Waals surface area contributed by atoms with Crippen LogP contribution in [-0.4, -0.2) is 21.5 Å². The minimum atomic E-state index is 0.0825. The summed E-state index contributed by atoms with van der Waals surface area (Å²) in [5.74, 6) is 0. The maximum Gasteiger partial charge on any atom is 0.0937 e. The quantitative estimate of drug-likeness (QED) is 0.779. The van der Waals surface area contributed by atoms with Crippen LogP contribution in [0, 0.1) is 0 Å². The van der Waals surface area contributed by atoms with Gasteiger partial charge in [0.05, 0.1) is 17.1 Å². The van der Waals surface area contributed by atoms with Gasteiger partial charge in [-0.3, -0.25) is 15.0 Å². The van der Waals surface area contributed by atoms with Crippen LogP contribution in [0.15, 0.2) is 55.1 Å². The van der Waals surface area contributed by atoms with Crippen LogP contribution in [0.5, 0.6) is 0 Å². The number of aromatic nitrogens is 3. The third kappa shape index (κ3) is 2.90. The summed E-state index contributed by atoms with van der Waals surface area (Å²) in [5.41, 5.74) is 4.14. The lowest BCUT2D eigenvalue weighted by molar-refractivity contribution is 0.599. The van der Waals surface area contributed by atoms with Gasteiger partial charge in [-0.2, -0.15) is 0 Å². The summed E-state index contributed by atoms with van der Waals surface area (Å²) in [6.45, 7) is 3.10. The van der Waals surface area contributed by atoms with Crippen molar-refractivity contribution in [2.24, 2.45) is 0 Å². The Bertz CT molecular complexity index is 707. The van der Waals surface area contributed by atoms with Crippen LogP contribution in [0.1, 0.15) is 30.5 Å². The van der Waals surface area contributed by atoms with Gasteiger partial charge in [-0.05, 0) is 30.7 Å². The minimum absolute atomic E-state index is 0.0825. The van der Waals surface area contributed by atoms with E-state index in [1.165, 1.54) is 0 Å². The van der Waals surface area contributed by atoms with Crippen molar-refractivity contribution >= 4 is 11.0 Å². The molecule has 0 saturated heterocycles. The predicted molar refractivity (Wildman–Crippen MR) is 83.9 cm³/mol. The van der Waals surface area contributed by atoms with Crippen molar-refractivity contribution in [3.05, 3.63) is 66.2 Å². The van der Waals surface area contributed by atoms with Gasteiger partial charge in [0.1, 0.15) is 0 Å². The van der Waals surface area contributed by atoms with E-state index in [1.807, 2.05) is 24.4 Å². The number of nitrogens with one attached hydrogen (secondary N) is 1.